The fraction of sp³-hybridized carbons (Fsp3) is 0.333. The topological polar surface area (TPSA) is 55.5 Å². The van der Waals surface area contributed by atoms with E-state index in [9.17, 15) is 5.11 Å². The lowest BCUT2D eigenvalue weighted by Crippen LogP contribution is -2.12. The summed E-state index contributed by atoms with van der Waals surface area (Å²) >= 11 is 0. The monoisotopic (exact) mass is 167 g/mol. The first-order valence-corrected chi connectivity index (χ1v) is 3.73. The van der Waals surface area contributed by atoms with E-state index < -0.39 is 6.23 Å². The largest absolute Gasteiger partial charge is 0.508 e. The molecule has 3 nitrogen and oxygen atoms in total. The number of phenols is 1. The summed E-state index contributed by atoms with van der Waals surface area (Å²) in [6.07, 6.45) is -0.551. The van der Waals surface area contributed by atoms with Gasteiger partial charge in [0.25, 0.3) is 0 Å². The molecule has 0 saturated carbocycles. The standard InChI is InChI=1S/C9H13NO2/c1-6-3-4-8(11)7(5-6)9(10)12-2/h3-5,9,11H,10H2,1-2H3. The van der Waals surface area contributed by atoms with Gasteiger partial charge in [0.1, 0.15) is 12.0 Å². The number of methoxy groups -OCH3 is 1. The van der Waals surface area contributed by atoms with E-state index in [1.807, 2.05) is 19.1 Å². The van der Waals surface area contributed by atoms with Crippen LogP contribution in [0.15, 0.2) is 18.2 Å². The molecule has 0 heterocycles. The number of benzene rings is 1. The number of nitrogens with two attached hydrogens (primary N) is 1. The van der Waals surface area contributed by atoms with Crippen LogP contribution in [-0.4, -0.2) is 12.2 Å². The second-order valence-corrected chi connectivity index (χ2v) is 2.72. The number of phenolic OH excluding ortho intramolecular Hbond substituents is 1. The third-order valence-corrected chi connectivity index (χ3v) is 1.74. The molecule has 0 saturated heterocycles. The summed E-state index contributed by atoms with van der Waals surface area (Å²) in [4.78, 5) is 0. The maximum atomic E-state index is 9.38. The summed E-state index contributed by atoms with van der Waals surface area (Å²) in [6.45, 7) is 1.94. The lowest BCUT2D eigenvalue weighted by Gasteiger charge is -2.11. The van der Waals surface area contributed by atoms with Crippen LogP contribution in [0.2, 0.25) is 0 Å². The van der Waals surface area contributed by atoms with Crippen molar-refractivity contribution in [1.29, 1.82) is 0 Å². The number of aromatic hydroxyl groups is 1. The van der Waals surface area contributed by atoms with Crippen LogP contribution in [-0.2, 0) is 4.74 Å². The molecule has 0 aromatic heterocycles. The van der Waals surface area contributed by atoms with E-state index in [0.29, 0.717) is 5.56 Å². The lowest BCUT2D eigenvalue weighted by molar-refractivity contribution is 0.107. The fourth-order valence-corrected chi connectivity index (χ4v) is 1.03. The van der Waals surface area contributed by atoms with Crippen LogP contribution in [0.4, 0.5) is 0 Å². The molecule has 1 unspecified atom stereocenters. The lowest BCUT2D eigenvalue weighted by atomic mass is 10.1. The van der Waals surface area contributed by atoms with Crippen molar-refractivity contribution in [2.45, 2.75) is 13.2 Å². The second kappa shape index (κ2) is 3.56. The Bertz CT molecular complexity index is 273. The molecule has 3 heteroatoms. The molecular formula is C9H13NO2. The van der Waals surface area contributed by atoms with Gasteiger partial charge in [-0.1, -0.05) is 11.6 Å². The zero-order valence-electron chi connectivity index (χ0n) is 7.24. The zero-order valence-corrected chi connectivity index (χ0v) is 7.24. The second-order valence-electron chi connectivity index (χ2n) is 2.72. The van der Waals surface area contributed by atoms with Crippen LogP contribution in [0.3, 0.4) is 0 Å². The average Bonchev–Trinajstić information content (AvgIpc) is 2.08. The fourth-order valence-electron chi connectivity index (χ4n) is 1.03. The Balaban J connectivity index is 3.04. The molecule has 1 rings (SSSR count). The molecule has 1 aromatic rings. The Labute approximate surface area is 71.8 Å². The molecule has 1 atom stereocenters. The van der Waals surface area contributed by atoms with E-state index in [0.717, 1.165) is 5.56 Å². The third kappa shape index (κ3) is 1.75. The molecule has 0 spiro atoms. The predicted octanol–water partition coefficient (Wildman–Crippen LogP) is 1.30. The number of hydrogen-bond donors (Lipinski definition) is 2. The summed E-state index contributed by atoms with van der Waals surface area (Å²) < 4.78 is 4.89. The summed E-state index contributed by atoms with van der Waals surface area (Å²) in [5.41, 5.74) is 7.26. The smallest absolute Gasteiger partial charge is 0.135 e. The van der Waals surface area contributed by atoms with Crippen LogP contribution in [0.1, 0.15) is 17.4 Å². The maximum Gasteiger partial charge on any atom is 0.135 e. The van der Waals surface area contributed by atoms with Gasteiger partial charge in [0.05, 0.1) is 0 Å². The molecule has 0 radical (unpaired) electrons. The molecule has 0 aliphatic rings. The van der Waals surface area contributed by atoms with Crippen molar-refractivity contribution < 1.29 is 9.84 Å². The minimum atomic E-state index is -0.551. The molecule has 66 valence electrons. The number of aryl methyl sites for hydroxylation is 1. The van der Waals surface area contributed by atoms with Crippen molar-refractivity contribution in [3.8, 4) is 5.75 Å². The highest BCUT2D eigenvalue weighted by Crippen LogP contribution is 2.23. The van der Waals surface area contributed by atoms with Crippen molar-refractivity contribution >= 4 is 0 Å². The first kappa shape index (κ1) is 9.03. The van der Waals surface area contributed by atoms with Crippen molar-refractivity contribution in [3.05, 3.63) is 29.3 Å². The molecule has 0 aliphatic carbocycles. The molecule has 0 bridgehead atoms. The summed E-state index contributed by atoms with van der Waals surface area (Å²) in [6, 6.07) is 5.24. The highest BCUT2D eigenvalue weighted by atomic mass is 16.5. The first-order chi connectivity index (χ1) is 5.65. The van der Waals surface area contributed by atoms with Crippen LogP contribution in [0, 0.1) is 6.92 Å². The Kier molecular flexibility index (Phi) is 2.68. The molecule has 0 amide bonds. The van der Waals surface area contributed by atoms with E-state index in [4.69, 9.17) is 10.5 Å². The van der Waals surface area contributed by atoms with Gasteiger partial charge in [0, 0.05) is 12.7 Å². The Hall–Kier alpha value is -1.06. The molecule has 0 aliphatic heterocycles. The summed E-state index contributed by atoms with van der Waals surface area (Å²) in [7, 11) is 1.51. The molecule has 0 fully saturated rings. The predicted molar refractivity (Wildman–Crippen MR) is 46.8 cm³/mol. The summed E-state index contributed by atoms with van der Waals surface area (Å²) in [5.74, 6) is 0.176. The third-order valence-electron chi connectivity index (χ3n) is 1.74. The SMILES string of the molecule is COC(N)c1cc(C)ccc1O. The van der Waals surface area contributed by atoms with Gasteiger partial charge in [-0.3, -0.25) is 0 Å². The summed E-state index contributed by atoms with van der Waals surface area (Å²) in [5, 5.41) is 9.38. The van der Waals surface area contributed by atoms with Crippen LogP contribution in [0.5, 0.6) is 5.75 Å². The Morgan fingerprint density at radius 2 is 2.17 bits per heavy atom. The van der Waals surface area contributed by atoms with Gasteiger partial charge in [-0.05, 0) is 19.1 Å². The highest BCUT2D eigenvalue weighted by molar-refractivity contribution is 5.36. The van der Waals surface area contributed by atoms with Crippen molar-refractivity contribution in [3.63, 3.8) is 0 Å². The molecule has 3 N–H and O–H groups in total. The van der Waals surface area contributed by atoms with Crippen molar-refractivity contribution in [2.24, 2.45) is 5.73 Å². The molecule has 1 aromatic carbocycles. The Morgan fingerprint density at radius 1 is 1.50 bits per heavy atom. The number of hydrogen-bond acceptors (Lipinski definition) is 3. The minimum absolute atomic E-state index is 0.176. The van der Waals surface area contributed by atoms with E-state index in [2.05, 4.69) is 0 Å². The van der Waals surface area contributed by atoms with Crippen LogP contribution >= 0.6 is 0 Å². The first-order valence-electron chi connectivity index (χ1n) is 3.73. The van der Waals surface area contributed by atoms with E-state index in [1.165, 1.54) is 7.11 Å². The van der Waals surface area contributed by atoms with Crippen molar-refractivity contribution in [1.82, 2.24) is 0 Å². The number of rotatable bonds is 2. The van der Waals surface area contributed by atoms with E-state index >= 15 is 0 Å². The molecular weight excluding hydrogens is 154 g/mol. The molecule has 12 heavy (non-hydrogen) atoms. The van der Waals surface area contributed by atoms with Gasteiger partial charge < -0.3 is 15.6 Å². The average molecular weight is 167 g/mol. The Morgan fingerprint density at radius 3 is 2.75 bits per heavy atom. The van der Waals surface area contributed by atoms with Gasteiger partial charge in [0.15, 0.2) is 0 Å². The van der Waals surface area contributed by atoms with E-state index in [-0.39, 0.29) is 5.75 Å². The quantitative estimate of drug-likeness (QED) is 0.653. The number of ether oxygens (including phenoxy) is 1. The zero-order chi connectivity index (χ0) is 9.14. The van der Waals surface area contributed by atoms with Gasteiger partial charge in [0.2, 0.25) is 0 Å². The van der Waals surface area contributed by atoms with Gasteiger partial charge in [-0.15, -0.1) is 0 Å². The van der Waals surface area contributed by atoms with Gasteiger partial charge in [-0.25, -0.2) is 0 Å². The van der Waals surface area contributed by atoms with Crippen molar-refractivity contribution in [2.75, 3.05) is 7.11 Å². The van der Waals surface area contributed by atoms with Crippen LogP contribution < -0.4 is 5.73 Å². The van der Waals surface area contributed by atoms with Gasteiger partial charge >= 0.3 is 0 Å². The minimum Gasteiger partial charge on any atom is -0.508 e. The van der Waals surface area contributed by atoms with Gasteiger partial charge in [-0.2, -0.15) is 0 Å². The highest BCUT2D eigenvalue weighted by Gasteiger charge is 2.08. The van der Waals surface area contributed by atoms with E-state index in [1.54, 1.807) is 6.07 Å². The normalized spacial score (nSPS) is 12.9. The maximum absolute atomic E-state index is 9.38. The van der Waals surface area contributed by atoms with Crippen LogP contribution in [0.25, 0.3) is 0 Å².